The summed E-state index contributed by atoms with van der Waals surface area (Å²) < 4.78 is 11.1. The molecule has 2 rings (SSSR count). The molecule has 1 spiro atoms. The Bertz CT molecular complexity index is 168. The van der Waals surface area contributed by atoms with E-state index < -0.39 is 0 Å². The van der Waals surface area contributed by atoms with E-state index in [2.05, 4.69) is 6.58 Å². The Morgan fingerprint density at radius 3 is 2.55 bits per heavy atom. The van der Waals surface area contributed by atoms with Crippen LogP contribution in [0.1, 0.15) is 25.7 Å². The fourth-order valence-electron chi connectivity index (χ4n) is 1.87. The molecular weight excluding hydrogens is 140 g/mol. The highest BCUT2D eigenvalue weighted by Crippen LogP contribution is 2.38. The molecular formula is C9H14O2. The Labute approximate surface area is 67.2 Å². The van der Waals surface area contributed by atoms with Crippen LogP contribution in [0.5, 0.6) is 0 Å². The van der Waals surface area contributed by atoms with Crippen molar-refractivity contribution in [3.63, 3.8) is 0 Å². The maximum Gasteiger partial charge on any atom is 0.190 e. The lowest BCUT2D eigenvalue weighted by molar-refractivity contribution is -0.139. The molecule has 1 aliphatic heterocycles. The van der Waals surface area contributed by atoms with Gasteiger partial charge in [0.05, 0.1) is 13.2 Å². The molecule has 0 aromatic carbocycles. The molecule has 11 heavy (non-hydrogen) atoms. The lowest BCUT2D eigenvalue weighted by atomic mass is 9.90. The largest absolute Gasteiger partial charge is 0.344 e. The Balaban J connectivity index is 2.13. The van der Waals surface area contributed by atoms with E-state index in [9.17, 15) is 0 Å². The highest BCUT2D eigenvalue weighted by Gasteiger charge is 2.40. The lowest BCUT2D eigenvalue weighted by Crippen LogP contribution is -2.34. The molecule has 0 aromatic heterocycles. The molecule has 0 bridgehead atoms. The first-order chi connectivity index (χ1) is 5.33. The number of rotatable bonds is 0. The van der Waals surface area contributed by atoms with E-state index in [-0.39, 0.29) is 5.79 Å². The lowest BCUT2D eigenvalue weighted by Gasteiger charge is -2.33. The molecule has 2 fully saturated rings. The second-order valence-corrected chi connectivity index (χ2v) is 3.26. The maximum absolute atomic E-state index is 5.57. The van der Waals surface area contributed by atoms with E-state index in [1.54, 1.807) is 0 Å². The van der Waals surface area contributed by atoms with Gasteiger partial charge in [0.15, 0.2) is 5.79 Å². The maximum atomic E-state index is 5.57. The van der Waals surface area contributed by atoms with Crippen LogP contribution in [0.3, 0.4) is 0 Å². The van der Waals surface area contributed by atoms with Gasteiger partial charge in [0, 0.05) is 6.42 Å². The molecule has 2 aliphatic rings. The zero-order valence-corrected chi connectivity index (χ0v) is 6.77. The minimum absolute atomic E-state index is 0.363. The van der Waals surface area contributed by atoms with Crippen molar-refractivity contribution in [1.29, 1.82) is 0 Å². The van der Waals surface area contributed by atoms with Gasteiger partial charge in [-0.1, -0.05) is 6.58 Å². The minimum atomic E-state index is -0.363. The van der Waals surface area contributed by atoms with Crippen molar-refractivity contribution in [3.8, 4) is 0 Å². The van der Waals surface area contributed by atoms with Gasteiger partial charge in [-0.05, 0) is 24.8 Å². The second kappa shape index (κ2) is 2.61. The van der Waals surface area contributed by atoms with Crippen LogP contribution >= 0.6 is 0 Å². The molecule has 0 aromatic rings. The van der Waals surface area contributed by atoms with Crippen LogP contribution in [-0.4, -0.2) is 19.0 Å². The van der Waals surface area contributed by atoms with Gasteiger partial charge in [-0.25, -0.2) is 0 Å². The third kappa shape index (κ3) is 1.10. The summed E-state index contributed by atoms with van der Waals surface area (Å²) in [5, 5.41) is 0. The van der Waals surface area contributed by atoms with Crippen molar-refractivity contribution in [1.82, 2.24) is 0 Å². The molecule has 2 nitrogen and oxygen atoms in total. The predicted octanol–water partition coefficient (Wildman–Crippen LogP) is 1.86. The van der Waals surface area contributed by atoms with Gasteiger partial charge in [0.1, 0.15) is 0 Å². The third-order valence-corrected chi connectivity index (χ3v) is 2.53. The molecule has 62 valence electrons. The molecule has 0 unspecified atom stereocenters. The van der Waals surface area contributed by atoms with Crippen molar-refractivity contribution < 1.29 is 9.47 Å². The third-order valence-electron chi connectivity index (χ3n) is 2.53. The average molecular weight is 154 g/mol. The summed E-state index contributed by atoms with van der Waals surface area (Å²) in [5.41, 5.74) is 1.14. The standard InChI is InChI=1S/C9H14O2/c1-8-4-2-3-5-9(8)10-6-7-11-9/h1-7H2. The average Bonchev–Trinajstić information content (AvgIpc) is 2.46. The fraction of sp³-hybridized carbons (Fsp3) is 0.778. The summed E-state index contributed by atoms with van der Waals surface area (Å²) in [5.74, 6) is -0.363. The molecule has 1 heterocycles. The zero-order valence-electron chi connectivity index (χ0n) is 6.77. The first kappa shape index (κ1) is 7.32. The minimum Gasteiger partial charge on any atom is -0.344 e. The van der Waals surface area contributed by atoms with E-state index in [0.717, 1.165) is 31.6 Å². The Morgan fingerprint density at radius 2 is 1.91 bits per heavy atom. The first-order valence-electron chi connectivity index (χ1n) is 4.30. The summed E-state index contributed by atoms with van der Waals surface area (Å²) >= 11 is 0. The SMILES string of the molecule is C=C1CCCCC12OCCO2. The Kier molecular flexibility index (Phi) is 1.74. The molecule has 0 N–H and O–H groups in total. The summed E-state index contributed by atoms with van der Waals surface area (Å²) in [6.45, 7) is 5.47. The van der Waals surface area contributed by atoms with Gasteiger partial charge in [0.2, 0.25) is 0 Å². The normalized spacial score (nSPS) is 29.6. The molecule has 0 amide bonds. The van der Waals surface area contributed by atoms with Crippen LogP contribution in [0.25, 0.3) is 0 Å². The Hall–Kier alpha value is -0.340. The fourth-order valence-corrected chi connectivity index (χ4v) is 1.87. The molecule has 2 heteroatoms. The Morgan fingerprint density at radius 1 is 1.18 bits per heavy atom. The number of hydrogen-bond acceptors (Lipinski definition) is 2. The summed E-state index contributed by atoms with van der Waals surface area (Å²) in [4.78, 5) is 0. The highest BCUT2D eigenvalue weighted by atomic mass is 16.7. The van der Waals surface area contributed by atoms with Gasteiger partial charge < -0.3 is 9.47 Å². The van der Waals surface area contributed by atoms with Crippen LogP contribution in [-0.2, 0) is 9.47 Å². The topological polar surface area (TPSA) is 18.5 Å². The van der Waals surface area contributed by atoms with Crippen LogP contribution in [0.15, 0.2) is 12.2 Å². The van der Waals surface area contributed by atoms with Gasteiger partial charge in [0.25, 0.3) is 0 Å². The molecule has 1 saturated heterocycles. The van der Waals surface area contributed by atoms with Gasteiger partial charge in [-0.2, -0.15) is 0 Å². The monoisotopic (exact) mass is 154 g/mol. The zero-order chi connectivity index (χ0) is 7.73. The molecule has 0 radical (unpaired) electrons. The van der Waals surface area contributed by atoms with Crippen molar-refractivity contribution >= 4 is 0 Å². The second-order valence-electron chi connectivity index (χ2n) is 3.26. The number of ether oxygens (including phenoxy) is 2. The van der Waals surface area contributed by atoms with Crippen molar-refractivity contribution in [2.24, 2.45) is 0 Å². The van der Waals surface area contributed by atoms with Gasteiger partial charge >= 0.3 is 0 Å². The van der Waals surface area contributed by atoms with Gasteiger partial charge in [-0.15, -0.1) is 0 Å². The quantitative estimate of drug-likeness (QED) is 0.496. The summed E-state index contributed by atoms with van der Waals surface area (Å²) in [6, 6.07) is 0. The van der Waals surface area contributed by atoms with E-state index in [1.807, 2.05) is 0 Å². The van der Waals surface area contributed by atoms with Crippen molar-refractivity contribution in [3.05, 3.63) is 12.2 Å². The van der Waals surface area contributed by atoms with Crippen LogP contribution in [0, 0.1) is 0 Å². The van der Waals surface area contributed by atoms with E-state index in [0.29, 0.717) is 0 Å². The molecule has 1 aliphatic carbocycles. The smallest absolute Gasteiger partial charge is 0.190 e. The van der Waals surface area contributed by atoms with Crippen LogP contribution < -0.4 is 0 Å². The van der Waals surface area contributed by atoms with Crippen molar-refractivity contribution in [2.75, 3.05) is 13.2 Å². The van der Waals surface area contributed by atoms with E-state index in [4.69, 9.17) is 9.47 Å². The van der Waals surface area contributed by atoms with Crippen molar-refractivity contribution in [2.45, 2.75) is 31.5 Å². The van der Waals surface area contributed by atoms with E-state index in [1.165, 1.54) is 12.8 Å². The predicted molar refractivity (Wildman–Crippen MR) is 42.2 cm³/mol. The highest BCUT2D eigenvalue weighted by molar-refractivity contribution is 5.12. The van der Waals surface area contributed by atoms with Crippen LogP contribution in [0.4, 0.5) is 0 Å². The van der Waals surface area contributed by atoms with E-state index >= 15 is 0 Å². The summed E-state index contributed by atoms with van der Waals surface area (Å²) in [7, 11) is 0. The number of hydrogen-bond donors (Lipinski definition) is 0. The molecule has 0 atom stereocenters. The summed E-state index contributed by atoms with van der Waals surface area (Å²) in [6.07, 6.45) is 4.53. The first-order valence-corrected chi connectivity index (χ1v) is 4.30. The van der Waals surface area contributed by atoms with Crippen LogP contribution in [0.2, 0.25) is 0 Å². The van der Waals surface area contributed by atoms with Gasteiger partial charge in [-0.3, -0.25) is 0 Å². The molecule has 1 saturated carbocycles.